The van der Waals surface area contributed by atoms with E-state index in [9.17, 15) is 27.6 Å². The number of ether oxygens (including phenoxy) is 1. The van der Waals surface area contributed by atoms with Crippen molar-refractivity contribution >= 4 is 23.5 Å². The predicted molar refractivity (Wildman–Crippen MR) is 114 cm³/mol. The Morgan fingerprint density at radius 3 is 2.35 bits per heavy atom. The van der Waals surface area contributed by atoms with Gasteiger partial charge in [0.05, 0.1) is 18.2 Å². The molecule has 5 rings (SSSR count). The molecule has 3 atom stereocenters. The molecule has 2 N–H and O–H groups in total. The largest absolute Gasteiger partial charge is 0.433 e. The summed E-state index contributed by atoms with van der Waals surface area (Å²) in [6.07, 6.45) is -4.06. The number of urea groups is 1. The first kappa shape index (κ1) is 22.3. The van der Waals surface area contributed by atoms with Crippen molar-refractivity contribution < 1.29 is 32.3 Å². The number of rotatable bonds is 1. The van der Waals surface area contributed by atoms with Crippen molar-refractivity contribution in [3.63, 3.8) is 0 Å². The second-order valence-corrected chi connectivity index (χ2v) is 8.91. The molecule has 1 aromatic heterocycles. The minimum atomic E-state index is -4.54. The first-order valence-electron chi connectivity index (χ1n) is 10.8. The third-order valence-corrected chi connectivity index (χ3v) is 6.70. The Balaban J connectivity index is 1.61. The maximum atomic E-state index is 13.2. The van der Waals surface area contributed by atoms with Gasteiger partial charge in [-0.25, -0.2) is 4.79 Å². The molecule has 4 amide bonds. The number of nitrogens with zero attached hydrogens (tertiary/aromatic N) is 2. The lowest BCUT2D eigenvalue weighted by atomic mass is 9.66. The highest BCUT2D eigenvalue weighted by molar-refractivity contribution is 6.20. The van der Waals surface area contributed by atoms with E-state index in [1.54, 1.807) is 19.1 Å². The summed E-state index contributed by atoms with van der Waals surface area (Å²) in [7, 11) is 0. The lowest BCUT2D eigenvalue weighted by molar-refractivity contribution is -0.153. The third kappa shape index (κ3) is 3.33. The normalized spacial score (nSPS) is 26.0. The number of alkyl halides is 3. The molecule has 34 heavy (non-hydrogen) atoms. The topological polar surface area (TPSA) is 101 Å². The summed E-state index contributed by atoms with van der Waals surface area (Å²) in [5.41, 5.74) is -0.0859. The van der Waals surface area contributed by atoms with Gasteiger partial charge >= 0.3 is 12.2 Å². The molecule has 8 nitrogen and oxygen atoms in total. The molecule has 0 bridgehead atoms. The number of fused-ring (bicyclic) bond motifs is 4. The molecule has 1 aromatic carbocycles. The number of imide groups is 2. The first-order valence-corrected chi connectivity index (χ1v) is 10.8. The number of barbiturate groups is 1. The summed E-state index contributed by atoms with van der Waals surface area (Å²) in [6.45, 7) is 4.10. The van der Waals surface area contributed by atoms with Crippen LogP contribution in [-0.2, 0) is 26.9 Å². The van der Waals surface area contributed by atoms with Crippen LogP contribution < -0.4 is 15.5 Å². The van der Waals surface area contributed by atoms with Crippen molar-refractivity contribution in [2.45, 2.75) is 44.7 Å². The van der Waals surface area contributed by atoms with E-state index in [1.165, 1.54) is 6.07 Å². The SMILES string of the molecule is C[C@@H]1CN2c3ccc(-c4ccc(C(F)(F)F)nc4)cc3CC3(C(=O)NC(=O)NC3=O)[C@H]2[C@H](C)O1. The molecule has 0 unspecified atom stereocenters. The summed E-state index contributed by atoms with van der Waals surface area (Å²) in [6, 6.07) is 6.06. The van der Waals surface area contributed by atoms with E-state index in [-0.39, 0.29) is 12.5 Å². The molecule has 178 valence electrons. The fourth-order valence-corrected chi connectivity index (χ4v) is 5.36. The lowest BCUT2D eigenvalue weighted by Crippen LogP contribution is -2.75. The van der Waals surface area contributed by atoms with Gasteiger partial charge in [0.25, 0.3) is 0 Å². The van der Waals surface area contributed by atoms with Crippen molar-refractivity contribution in [2.75, 3.05) is 11.4 Å². The maximum absolute atomic E-state index is 13.2. The van der Waals surface area contributed by atoms with Crippen LogP contribution in [0.25, 0.3) is 11.1 Å². The van der Waals surface area contributed by atoms with Crippen molar-refractivity contribution in [1.82, 2.24) is 15.6 Å². The molecule has 11 heteroatoms. The van der Waals surface area contributed by atoms with Gasteiger partial charge in [-0.3, -0.25) is 25.2 Å². The van der Waals surface area contributed by atoms with Gasteiger partial charge in [0, 0.05) is 24.0 Å². The van der Waals surface area contributed by atoms with Crippen LogP contribution in [0.1, 0.15) is 25.1 Å². The Morgan fingerprint density at radius 1 is 1.06 bits per heavy atom. The molecule has 3 aliphatic rings. The van der Waals surface area contributed by atoms with Gasteiger partial charge in [-0.1, -0.05) is 12.1 Å². The maximum Gasteiger partial charge on any atom is 0.433 e. The lowest BCUT2D eigenvalue weighted by Gasteiger charge is -2.55. The van der Waals surface area contributed by atoms with E-state index < -0.39 is 47.3 Å². The average molecular weight is 474 g/mol. The van der Waals surface area contributed by atoms with Crippen LogP contribution in [-0.4, -0.2) is 47.6 Å². The zero-order valence-electron chi connectivity index (χ0n) is 18.3. The van der Waals surface area contributed by atoms with Gasteiger partial charge in [0.15, 0.2) is 5.41 Å². The van der Waals surface area contributed by atoms with Gasteiger partial charge in [0.2, 0.25) is 11.8 Å². The minimum absolute atomic E-state index is 0.00156. The van der Waals surface area contributed by atoms with E-state index in [2.05, 4.69) is 15.6 Å². The van der Waals surface area contributed by atoms with Gasteiger partial charge in [-0.2, -0.15) is 13.2 Å². The zero-order chi connectivity index (χ0) is 24.4. The van der Waals surface area contributed by atoms with E-state index in [1.807, 2.05) is 17.9 Å². The molecule has 2 saturated heterocycles. The standard InChI is InChI=1S/C23H21F3N4O4/c1-11-10-30-16-5-3-13(14-4-6-17(27-9-14)23(24,25)26)7-15(16)8-22(18(30)12(2)34-11)19(31)28-21(33)29-20(22)32/h3-7,9,11-12,18H,8,10H2,1-2H3,(H2,28,29,31,32,33)/t11-,12+,18-/m1/s1. The highest BCUT2D eigenvalue weighted by Crippen LogP contribution is 2.47. The molecule has 4 heterocycles. The van der Waals surface area contributed by atoms with Gasteiger partial charge in [-0.15, -0.1) is 0 Å². The molecular formula is C23H21F3N4O4. The quantitative estimate of drug-likeness (QED) is 0.617. The number of hydrogen-bond acceptors (Lipinski definition) is 6. The molecule has 2 aromatic rings. The van der Waals surface area contributed by atoms with Crippen LogP contribution in [0.3, 0.4) is 0 Å². The fourth-order valence-electron chi connectivity index (χ4n) is 5.36. The monoisotopic (exact) mass is 474 g/mol. The minimum Gasteiger partial charge on any atom is -0.372 e. The summed E-state index contributed by atoms with van der Waals surface area (Å²) in [5, 5.41) is 4.45. The number of amides is 4. The molecule has 3 aliphatic heterocycles. The Hall–Kier alpha value is -3.47. The van der Waals surface area contributed by atoms with E-state index in [0.717, 1.165) is 18.0 Å². The Morgan fingerprint density at radius 2 is 1.74 bits per heavy atom. The van der Waals surface area contributed by atoms with Crippen LogP contribution in [0.15, 0.2) is 36.5 Å². The van der Waals surface area contributed by atoms with E-state index >= 15 is 0 Å². The average Bonchev–Trinajstić information content (AvgIpc) is 2.76. The summed E-state index contributed by atoms with van der Waals surface area (Å²) in [5.74, 6) is -1.40. The molecule has 0 saturated carbocycles. The Bertz CT molecular complexity index is 1180. The van der Waals surface area contributed by atoms with Crippen LogP contribution in [0.2, 0.25) is 0 Å². The number of pyridine rings is 1. The van der Waals surface area contributed by atoms with Crippen LogP contribution in [0.4, 0.5) is 23.7 Å². The van der Waals surface area contributed by atoms with E-state index in [4.69, 9.17) is 4.74 Å². The van der Waals surface area contributed by atoms with Gasteiger partial charge < -0.3 is 9.64 Å². The Kier molecular flexibility index (Phi) is 4.94. The number of carbonyl (C=O) groups is 3. The highest BCUT2D eigenvalue weighted by Gasteiger charge is 2.62. The van der Waals surface area contributed by atoms with Crippen molar-refractivity contribution in [3.05, 3.63) is 47.8 Å². The van der Waals surface area contributed by atoms with Crippen LogP contribution >= 0.6 is 0 Å². The number of carbonyl (C=O) groups excluding carboxylic acids is 3. The molecule has 0 radical (unpaired) electrons. The number of nitrogens with one attached hydrogen (secondary N) is 2. The number of morpholine rings is 1. The second kappa shape index (κ2) is 7.52. The zero-order valence-corrected chi connectivity index (χ0v) is 18.3. The van der Waals surface area contributed by atoms with Crippen molar-refractivity contribution in [2.24, 2.45) is 5.41 Å². The second-order valence-electron chi connectivity index (χ2n) is 8.91. The first-order chi connectivity index (χ1) is 16.0. The Labute approximate surface area is 192 Å². The number of anilines is 1. The number of halogens is 3. The van der Waals surface area contributed by atoms with Gasteiger partial charge in [0.1, 0.15) is 5.69 Å². The molecular weight excluding hydrogens is 453 g/mol. The third-order valence-electron chi connectivity index (χ3n) is 6.70. The van der Waals surface area contributed by atoms with Crippen LogP contribution in [0.5, 0.6) is 0 Å². The predicted octanol–water partition coefficient (Wildman–Crippen LogP) is 2.66. The van der Waals surface area contributed by atoms with Crippen LogP contribution in [0, 0.1) is 5.41 Å². The van der Waals surface area contributed by atoms with E-state index in [0.29, 0.717) is 23.2 Å². The molecule has 2 fully saturated rings. The molecule has 1 spiro atoms. The molecule has 0 aliphatic carbocycles. The smallest absolute Gasteiger partial charge is 0.372 e. The summed E-state index contributed by atoms with van der Waals surface area (Å²) in [4.78, 5) is 43.6. The van der Waals surface area contributed by atoms with Crippen molar-refractivity contribution in [3.8, 4) is 11.1 Å². The summed E-state index contributed by atoms with van der Waals surface area (Å²) >= 11 is 0. The number of aromatic nitrogens is 1. The van der Waals surface area contributed by atoms with Crippen molar-refractivity contribution in [1.29, 1.82) is 0 Å². The highest BCUT2D eigenvalue weighted by atomic mass is 19.4. The summed E-state index contributed by atoms with van der Waals surface area (Å²) < 4.78 is 44.6. The van der Waals surface area contributed by atoms with Gasteiger partial charge in [-0.05, 0) is 49.6 Å². The number of hydrogen-bond donors (Lipinski definition) is 2. The number of benzene rings is 1. The fraction of sp³-hybridized carbons (Fsp3) is 0.391.